The maximum atomic E-state index is 12.1. The second-order valence-electron chi connectivity index (χ2n) is 5.79. The van der Waals surface area contributed by atoms with Crippen molar-refractivity contribution in [2.45, 2.75) is 11.8 Å². The number of hydrogen-bond acceptors (Lipinski definition) is 6. The summed E-state index contributed by atoms with van der Waals surface area (Å²) in [5.74, 6) is 0.431. The molecule has 138 valence electrons. The number of hydrazone groups is 1. The highest BCUT2D eigenvalue weighted by Gasteiger charge is 2.07. The number of nitrogens with zero attached hydrogens (tertiary/aromatic N) is 2. The van der Waals surface area contributed by atoms with Crippen molar-refractivity contribution >= 4 is 34.8 Å². The molecular formula is C20H19N3O3S. The second-order valence-corrected chi connectivity index (χ2v) is 6.81. The normalized spacial score (nSPS) is 11.0. The Bertz CT molecular complexity index is 1000. The van der Waals surface area contributed by atoms with Gasteiger partial charge in [-0.3, -0.25) is 9.78 Å². The number of carbonyl (C=O) groups excluding carboxylic acids is 1. The Labute approximate surface area is 161 Å². The number of methoxy groups -OCH3 is 1. The molecule has 0 fully saturated rings. The average Bonchev–Trinajstić information content (AvgIpc) is 2.67. The van der Waals surface area contributed by atoms with Crippen LogP contribution in [-0.2, 0) is 4.79 Å². The second kappa shape index (κ2) is 8.55. The molecule has 2 N–H and O–H groups in total. The van der Waals surface area contributed by atoms with Gasteiger partial charge in [0, 0.05) is 16.0 Å². The van der Waals surface area contributed by atoms with Crippen LogP contribution in [0, 0.1) is 6.92 Å². The van der Waals surface area contributed by atoms with Gasteiger partial charge in [-0.1, -0.05) is 18.2 Å². The molecule has 0 radical (unpaired) electrons. The maximum Gasteiger partial charge on any atom is 0.250 e. The molecule has 0 aliphatic rings. The zero-order valence-corrected chi connectivity index (χ0v) is 15.8. The number of aryl methyl sites for hydroxylation is 1. The third-order valence-corrected chi connectivity index (χ3v) is 4.83. The summed E-state index contributed by atoms with van der Waals surface area (Å²) in [7, 11) is 1.47. The number of carbonyl (C=O) groups is 1. The number of hydrogen-bond donors (Lipinski definition) is 2. The Hall–Kier alpha value is -3.06. The Morgan fingerprint density at radius 1 is 1.30 bits per heavy atom. The number of para-hydroxylation sites is 1. The smallest absolute Gasteiger partial charge is 0.250 e. The highest BCUT2D eigenvalue weighted by Crippen LogP contribution is 2.28. The summed E-state index contributed by atoms with van der Waals surface area (Å²) in [6.45, 7) is 1.94. The van der Waals surface area contributed by atoms with Gasteiger partial charge in [0.05, 0.1) is 24.6 Å². The van der Waals surface area contributed by atoms with E-state index in [9.17, 15) is 9.90 Å². The quantitative estimate of drug-likeness (QED) is 0.388. The lowest BCUT2D eigenvalue weighted by Crippen LogP contribution is -2.19. The zero-order chi connectivity index (χ0) is 19.2. The van der Waals surface area contributed by atoms with Crippen molar-refractivity contribution in [2.75, 3.05) is 12.9 Å². The Kier molecular flexibility index (Phi) is 5.93. The minimum atomic E-state index is -0.208. The van der Waals surface area contributed by atoms with Gasteiger partial charge in [-0.25, -0.2) is 5.43 Å². The summed E-state index contributed by atoms with van der Waals surface area (Å²) in [5, 5.41) is 14.6. The molecule has 0 bridgehead atoms. The number of fused-ring (bicyclic) bond motifs is 1. The van der Waals surface area contributed by atoms with E-state index in [2.05, 4.69) is 15.5 Å². The predicted octanol–water partition coefficient (Wildman–Crippen LogP) is 3.50. The van der Waals surface area contributed by atoms with E-state index in [0.29, 0.717) is 11.3 Å². The van der Waals surface area contributed by atoms with E-state index in [1.807, 2.05) is 37.3 Å². The highest BCUT2D eigenvalue weighted by atomic mass is 32.2. The largest absolute Gasteiger partial charge is 0.504 e. The van der Waals surface area contributed by atoms with Crippen LogP contribution in [-0.4, -0.2) is 35.1 Å². The first-order valence-electron chi connectivity index (χ1n) is 8.25. The van der Waals surface area contributed by atoms with Gasteiger partial charge in [-0.15, -0.1) is 11.8 Å². The molecule has 0 spiro atoms. The van der Waals surface area contributed by atoms with E-state index < -0.39 is 0 Å². The SMILES string of the molecule is COc1cc(C=NNC(=O)CSc2cc(C)nc3ccccc23)ccc1O. The molecular weight excluding hydrogens is 362 g/mol. The molecule has 1 aromatic heterocycles. The first-order chi connectivity index (χ1) is 13.1. The van der Waals surface area contributed by atoms with E-state index in [1.54, 1.807) is 12.1 Å². The van der Waals surface area contributed by atoms with Crippen molar-refractivity contribution < 1.29 is 14.6 Å². The number of aromatic hydroxyl groups is 1. The molecule has 27 heavy (non-hydrogen) atoms. The summed E-state index contributed by atoms with van der Waals surface area (Å²) >= 11 is 1.45. The van der Waals surface area contributed by atoms with E-state index in [1.165, 1.54) is 31.2 Å². The first kappa shape index (κ1) is 18.7. The van der Waals surface area contributed by atoms with Gasteiger partial charge in [-0.05, 0) is 42.8 Å². The van der Waals surface area contributed by atoms with Crippen LogP contribution in [0.2, 0.25) is 0 Å². The third-order valence-electron chi connectivity index (χ3n) is 3.77. The van der Waals surface area contributed by atoms with Crippen molar-refractivity contribution in [1.82, 2.24) is 10.4 Å². The van der Waals surface area contributed by atoms with Gasteiger partial charge in [0.15, 0.2) is 11.5 Å². The van der Waals surface area contributed by atoms with Gasteiger partial charge in [0.1, 0.15) is 0 Å². The molecule has 0 atom stereocenters. The van der Waals surface area contributed by atoms with Crippen molar-refractivity contribution in [3.63, 3.8) is 0 Å². The number of pyridine rings is 1. The van der Waals surface area contributed by atoms with Crippen LogP contribution in [0.1, 0.15) is 11.3 Å². The Morgan fingerprint density at radius 2 is 2.11 bits per heavy atom. The van der Waals surface area contributed by atoms with Crippen LogP contribution >= 0.6 is 11.8 Å². The minimum Gasteiger partial charge on any atom is -0.504 e. The van der Waals surface area contributed by atoms with Gasteiger partial charge in [0.2, 0.25) is 5.91 Å². The summed E-state index contributed by atoms with van der Waals surface area (Å²) in [5.41, 5.74) is 5.04. The Balaban J connectivity index is 1.61. The number of phenols is 1. The van der Waals surface area contributed by atoms with Gasteiger partial charge >= 0.3 is 0 Å². The standard InChI is InChI=1S/C20H19N3O3S/c1-13-9-19(15-5-3-4-6-16(15)22-13)27-12-20(25)23-21-11-14-7-8-17(24)18(10-14)26-2/h3-11,24H,12H2,1-2H3,(H,23,25). The molecule has 3 aromatic rings. The minimum absolute atomic E-state index is 0.0509. The third kappa shape index (κ3) is 4.77. The van der Waals surface area contributed by atoms with E-state index in [0.717, 1.165) is 21.5 Å². The van der Waals surface area contributed by atoms with E-state index in [-0.39, 0.29) is 17.4 Å². The van der Waals surface area contributed by atoms with Crippen molar-refractivity contribution in [3.05, 3.63) is 59.8 Å². The fourth-order valence-electron chi connectivity index (χ4n) is 2.52. The summed E-state index contributed by atoms with van der Waals surface area (Å²) < 4.78 is 5.04. The number of rotatable bonds is 6. The van der Waals surface area contributed by atoms with Crippen LogP contribution in [0.5, 0.6) is 11.5 Å². The molecule has 0 saturated heterocycles. The first-order valence-corrected chi connectivity index (χ1v) is 9.23. The predicted molar refractivity (Wildman–Crippen MR) is 108 cm³/mol. The molecule has 7 heteroatoms. The van der Waals surface area contributed by atoms with Crippen LogP contribution in [0.3, 0.4) is 0 Å². The number of benzene rings is 2. The summed E-state index contributed by atoms with van der Waals surface area (Å²) in [6, 6.07) is 14.7. The fraction of sp³-hybridized carbons (Fsp3) is 0.150. The molecule has 0 aliphatic carbocycles. The van der Waals surface area contributed by atoms with Crippen molar-refractivity contribution in [1.29, 1.82) is 0 Å². The van der Waals surface area contributed by atoms with E-state index in [4.69, 9.17) is 4.74 Å². The molecule has 0 saturated carbocycles. The lowest BCUT2D eigenvalue weighted by Gasteiger charge is -2.07. The number of thioether (sulfide) groups is 1. The van der Waals surface area contributed by atoms with Gasteiger partial charge in [-0.2, -0.15) is 5.10 Å². The number of ether oxygens (including phenoxy) is 1. The fourth-order valence-corrected chi connectivity index (χ4v) is 3.45. The highest BCUT2D eigenvalue weighted by molar-refractivity contribution is 8.00. The molecule has 1 heterocycles. The zero-order valence-electron chi connectivity index (χ0n) is 15.0. The van der Waals surface area contributed by atoms with Crippen molar-refractivity contribution in [3.8, 4) is 11.5 Å². The molecule has 0 aliphatic heterocycles. The monoisotopic (exact) mass is 381 g/mol. The van der Waals surface area contributed by atoms with Crippen LogP contribution in [0.4, 0.5) is 0 Å². The van der Waals surface area contributed by atoms with E-state index >= 15 is 0 Å². The number of aromatic nitrogens is 1. The lowest BCUT2D eigenvalue weighted by molar-refractivity contribution is -0.118. The molecule has 6 nitrogen and oxygen atoms in total. The van der Waals surface area contributed by atoms with Crippen LogP contribution in [0.25, 0.3) is 10.9 Å². The van der Waals surface area contributed by atoms with Gasteiger partial charge in [0.25, 0.3) is 0 Å². The van der Waals surface area contributed by atoms with Crippen LogP contribution < -0.4 is 10.2 Å². The molecule has 3 rings (SSSR count). The molecule has 0 unspecified atom stereocenters. The number of amides is 1. The number of nitrogens with one attached hydrogen (secondary N) is 1. The topological polar surface area (TPSA) is 83.8 Å². The Morgan fingerprint density at radius 3 is 2.93 bits per heavy atom. The lowest BCUT2D eigenvalue weighted by atomic mass is 10.2. The number of phenolic OH excluding ortho intramolecular Hbond substituents is 1. The van der Waals surface area contributed by atoms with Gasteiger partial charge < -0.3 is 9.84 Å². The maximum absolute atomic E-state index is 12.1. The van der Waals surface area contributed by atoms with Crippen molar-refractivity contribution in [2.24, 2.45) is 5.10 Å². The van der Waals surface area contributed by atoms with Crippen LogP contribution in [0.15, 0.2) is 58.5 Å². The molecule has 2 aromatic carbocycles. The summed E-state index contributed by atoms with van der Waals surface area (Å²) in [4.78, 5) is 17.6. The molecule has 1 amide bonds. The average molecular weight is 381 g/mol. The summed E-state index contributed by atoms with van der Waals surface area (Å²) in [6.07, 6.45) is 1.50.